The smallest absolute Gasteiger partial charge is 0.220 e. The molecule has 0 atom stereocenters. The first-order chi connectivity index (χ1) is 8.34. The van der Waals surface area contributed by atoms with Crippen LogP contribution in [0.25, 0.3) is 0 Å². The van der Waals surface area contributed by atoms with E-state index in [-0.39, 0.29) is 4.99 Å². The highest BCUT2D eigenvalue weighted by atomic mass is 19.4. The molecule has 0 saturated carbocycles. The van der Waals surface area contributed by atoms with Gasteiger partial charge in [0, 0.05) is 0 Å². The van der Waals surface area contributed by atoms with E-state index in [9.17, 15) is 57.1 Å². The van der Waals surface area contributed by atoms with Gasteiger partial charge in [-0.05, 0) is 0 Å². The predicted molar refractivity (Wildman–Crippen MR) is 35.5 cm³/mol. The Morgan fingerprint density at radius 3 is 0.900 bits per heavy atom. The third-order valence-electron chi connectivity index (χ3n) is 1.55. The highest BCUT2D eigenvalue weighted by molar-refractivity contribution is 5.94. The molecule has 0 fully saturated rings. The molecule has 0 bridgehead atoms. The second-order valence-corrected chi connectivity index (χ2v) is 3.07. The van der Waals surface area contributed by atoms with Gasteiger partial charge in [-0.25, -0.2) is 4.99 Å². The molecule has 0 saturated heterocycles. The zero-order valence-corrected chi connectivity index (χ0v) is 8.36. The summed E-state index contributed by atoms with van der Waals surface area (Å²) < 4.78 is 154. The van der Waals surface area contributed by atoms with Crippen molar-refractivity contribution < 1.29 is 57.1 Å². The van der Waals surface area contributed by atoms with Crippen LogP contribution in [0.2, 0.25) is 0 Å². The minimum atomic E-state index is -7.17. The van der Waals surface area contributed by atoms with Crippen molar-refractivity contribution in [1.29, 1.82) is 0 Å². The van der Waals surface area contributed by atoms with Crippen LogP contribution in [0.15, 0.2) is 4.99 Å². The first kappa shape index (κ1) is 18.8. The molecule has 0 aromatic carbocycles. The van der Waals surface area contributed by atoms with Gasteiger partial charge < -0.3 is 0 Å². The summed E-state index contributed by atoms with van der Waals surface area (Å²) in [5.74, 6) is -7.04. The van der Waals surface area contributed by atoms with Crippen molar-refractivity contribution >= 4 is 5.71 Å². The van der Waals surface area contributed by atoms with Gasteiger partial charge in [0.05, 0.1) is 0 Å². The van der Waals surface area contributed by atoms with Gasteiger partial charge in [0.2, 0.25) is 5.71 Å². The van der Waals surface area contributed by atoms with Crippen LogP contribution in [-0.2, 0) is 0 Å². The molecular weight excluding hydrogens is 333 g/mol. The van der Waals surface area contributed by atoms with E-state index in [0.717, 1.165) is 0 Å². The van der Waals surface area contributed by atoms with Crippen molar-refractivity contribution in [2.24, 2.45) is 4.99 Å². The fourth-order valence-electron chi connectivity index (χ4n) is 0.729. The quantitative estimate of drug-likeness (QED) is 0.385. The van der Waals surface area contributed by atoms with E-state index in [1.54, 1.807) is 0 Å². The predicted octanol–water partition coefficient (Wildman–Crippen LogP) is 4.34. The summed E-state index contributed by atoms with van der Waals surface area (Å²) in [5, 5.41) is 0. The van der Waals surface area contributed by atoms with Gasteiger partial charge in [-0.3, -0.25) is 0 Å². The van der Waals surface area contributed by atoms with Gasteiger partial charge in [-0.15, -0.1) is 0 Å². The average Bonchev–Trinajstić information content (AvgIpc) is 2.05. The molecule has 0 aliphatic rings. The number of aliphatic imine (C=N–C) groups is 1. The van der Waals surface area contributed by atoms with Crippen molar-refractivity contribution in [2.45, 2.75) is 30.5 Å². The molecule has 0 aromatic heterocycles. The molecule has 0 aliphatic carbocycles. The van der Waals surface area contributed by atoms with Gasteiger partial charge in [0.25, 0.3) is 0 Å². The Bertz CT molecular complexity index is 346. The normalized spacial score (nSPS) is 15.2. The van der Waals surface area contributed by atoms with Gasteiger partial charge in [-0.2, -0.15) is 57.1 Å². The summed E-state index contributed by atoms with van der Waals surface area (Å²) in [6, 6.07) is 0. The minimum absolute atomic E-state index is 0.243. The first-order valence-corrected chi connectivity index (χ1v) is 3.90. The lowest BCUT2D eigenvalue weighted by Gasteiger charge is -2.27. The highest BCUT2D eigenvalue weighted by Gasteiger charge is 2.75. The molecule has 0 unspecified atom stereocenters. The fourth-order valence-corrected chi connectivity index (χ4v) is 0.729. The van der Waals surface area contributed by atoms with Crippen molar-refractivity contribution in [3.05, 3.63) is 0 Å². The van der Waals surface area contributed by atoms with Crippen LogP contribution in [0.4, 0.5) is 57.1 Å². The van der Waals surface area contributed by atoms with Gasteiger partial charge in [0.15, 0.2) is 0 Å². The van der Waals surface area contributed by atoms with E-state index >= 15 is 0 Å². The Hall–Kier alpha value is -1.24. The first-order valence-electron chi connectivity index (χ1n) is 3.90. The number of rotatable bonds is 1. The van der Waals surface area contributed by atoms with Crippen LogP contribution in [-0.4, -0.2) is 36.2 Å². The minimum Gasteiger partial charge on any atom is -0.220 e. The zero-order valence-electron chi connectivity index (χ0n) is 8.36. The summed E-state index contributed by atoms with van der Waals surface area (Å²) in [6.07, 6.45) is -27.9. The van der Waals surface area contributed by atoms with Crippen molar-refractivity contribution in [2.75, 3.05) is 0 Å². The van der Waals surface area contributed by atoms with Crippen LogP contribution in [0, 0.1) is 0 Å². The topological polar surface area (TPSA) is 12.4 Å². The van der Waals surface area contributed by atoms with Crippen LogP contribution < -0.4 is 0 Å². The number of halogens is 13. The molecule has 0 heterocycles. The van der Waals surface area contributed by atoms with Crippen LogP contribution >= 0.6 is 0 Å². The SMILES string of the molecule is FC(F)(F)C(=NC(F)(C(F)(F)F)C(F)(F)F)C(F)(F)F. The van der Waals surface area contributed by atoms with Gasteiger partial charge in [0.1, 0.15) is 0 Å². The summed E-state index contributed by atoms with van der Waals surface area (Å²) in [6.45, 7) is 0. The molecule has 0 aromatic rings. The van der Waals surface area contributed by atoms with E-state index < -0.39 is 36.2 Å². The van der Waals surface area contributed by atoms with E-state index in [1.807, 2.05) is 0 Å². The molecular formula is C6F13N. The Balaban J connectivity index is 6.31. The standard InChI is InChI=1S/C6F13N/c7-2(8,9)1(3(10,11)12)20-4(13,5(14,15)16)6(17,18)19. The lowest BCUT2D eigenvalue weighted by atomic mass is 10.2. The van der Waals surface area contributed by atoms with Gasteiger partial charge in [-0.1, -0.05) is 0 Å². The summed E-state index contributed by atoms with van der Waals surface area (Å²) in [7, 11) is 0. The molecule has 0 spiro atoms. The molecule has 0 radical (unpaired) electrons. The van der Waals surface area contributed by atoms with E-state index in [1.165, 1.54) is 0 Å². The van der Waals surface area contributed by atoms with Crippen molar-refractivity contribution in [3.8, 4) is 0 Å². The van der Waals surface area contributed by atoms with Crippen molar-refractivity contribution in [3.63, 3.8) is 0 Å². The molecule has 0 rings (SSSR count). The third kappa shape index (κ3) is 3.65. The molecule has 120 valence electrons. The monoisotopic (exact) mass is 333 g/mol. The maximum atomic E-state index is 12.7. The summed E-state index contributed by atoms with van der Waals surface area (Å²) >= 11 is 0. The van der Waals surface area contributed by atoms with Crippen molar-refractivity contribution in [1.82, 2.24) is 0 Å². The molecule has 1 nitrogen and oxygen atoms in total. The highest BCUT2D eigenvalue weighted by Crippen LogP contribution is 2.48. The van der Waals surface area contributed by atoms with E-state index in [2.05, 4.69) is 0 Å². The van der Waals surface area contributed by atoms with Crippen LogP contribution in [0.1, 0.15) is 0 Å². The Labute approximate surface area is 99.6 Å². The Morgan fingerprint density at radius 1 is 0.500 bits per heavy atom. The molecule has 14 heteroatoms. The molecule has 20 heavy (non-hydrogen) atoms. The number of nitrogens with zero attached hydrogens (tertiary/aromatic N) is 1. The van der Waals surface area contributed by atoms with Crippen LogP contribution in [0.3, 0.4) is 0 Å². The number of alkyl halides is 13. The maximum absolute atomic E-state index is 12.7. The summed E-state index contributed by atoms with van der Waals surface area (Å²) in [5.41, 5.74) is -4.50. The number of hydrogen-bond acceptors (Lipinski definition) is 1. The largest absolute Gasteiger partial charge is 0.453 e. The lowest BCUT2D eigenvalue weighted by Crippen LogP contribution is -2.54. The fraction of sp³-hybridized carbons (Fsp3) is 0.833. The van der Waals surface area contributed by atoms with Crippen LogP contribution in [0.5, 0.6) is 0 Å². The second kappa shape index (κ2) is 4.65. The zero-order chi connectivity index (χ0) is 16.8. The average molecular weight is 333 g/mol. The maximum Gasteiger partial charge on any atom is 0.453 e. The lowest BCUT2D eigenvalue weighted by molar-refractivity contribution is -0.338. The Morgan fingerprint density at radius 2 is 0.750 bits per heavy atom. The van der Waals surface area contributed by atoms with Gasteiger partial charge >= 0.3 is 30.5 Å². The van der Waals surface area contributed by atoms with E-state index in [4.69, 9.17) is 0 Å². The Kier molecular flexibility index (Phi) is 4.36. The third-order valence-corrected chi connectivity index (χ3v) is 1.55. The molecule has 0 N–H and O–H groups in total. The van der Waals surface area contributed by atoms with E-state index in [0.29, 0.717) is 0 Å². The molecule has 0 amide bonds. The summed E-state index contributed by atoms with van der Waals surface area (Å²) in [4.78, 5) is 0.243. The molecule has 0 aliphatic heterocycles. The second-order valence-electron chi connectivity index (χ2n) is 3.07. The number of hydrogen-bond donors (Lipinski definition) is 0.